The van der Waals surface area contributed by atoms with Gasteiger partial charge in [-0.1, -0.05) is 15.9 Å². The third kappa shape index (κ3) is 3.86. The zero-order valence-electron chi connectivity index (χ0n) is 16.9. The third-order valence-electron chi connectivity index (χ3n) is 5.01. The van der Waals surface area contributed by atoms with Gasteiger partial charge in [-0.15, -0.1) is 0 Å². The summed E-state index contributed by atoms with van der Waals surface area (Å²) in [7, 11) is 2.91. The van der Waals surface area contributed by atoms with Crippen LogP contribution < -0.4 is 0 Å². The highest BCUT2D eigenvalue weighted by Gasteiger charge is 2.37. The first kappa shape index (κ1) is 21.3. The molecule has 2 heterocycles. The zero-order chi connectivity index (χ0) is 21.5. The minimum absolute atomic E-state index is 0.109. The van der Waals surface area contributed by atoms with Gasteiger partial charge < -0.3 is 14.2 Å². The maximum atomic E-state index is 12.7. The van der Waals surface area contributed by atoms with Gasteiger partial charge in [0.25, 0.3) is 5.91 Å². The maximum absolute atomic E-state index is 12.7. The van der Waals surface area contributed by atoms with Crippen LogP contribution in [0.2, 0.25) is 0 Å². The highest BCUT2D eigenvalue weighted by molar-refractivity contribution is 9.10. The van der Waals surface area contributed by atoms with Crippen molar-refractivity contribution in [2.45, 2.75) is 20.8 Å². The van der Waals surface area contributed by atoms with Crippen LogP contribution in [0.4, 0.5) is 0 Å². The Balaban J connectivity index is 2.07. The lowest BCUT2D eigenvalue weighted by Gasteiger charge is -2.17. The fraction of sp³-hybridized carbons (Fsp3) is 0.286. The van der Waals surface area contributed by atoms with Gasteiger partial charge in [-0.3, -0.25) is 14.5 Å². The quantitative estimate of drug-likeness (QED) is 0.383. The molecule has 3 rings (SSSR count). The molecule has 1 fully saturated rings. The molecule has 1 aromatic heterocycles. The molecule has 0 spiro atoms. The van der Waals surface area contributed by atoms with Crippen LogP contribution in [0.3, 0.4) is 0 Å². The summed E-state index contributed by atoms with van der Waals surface area (Å²) in [6, 6.07) is 8.19. The molecule has 0 unspecified atom stereocenters. The lowest BCUT2D eigenvalue weighted by molar-refractivity contribution is -0.140. The van der Waals surface area contributed by atoms with Crippen LogP contribution >= 0.6 is 28.1 Å². The van der Waals surface area contributed by atoms with Crippen molar-refractivity contribution >= 4 is 51.2 Å². The number of methoxy groups -OCH3 is 1. The fourth-order valence-electron chi connectivity index (χ4n) is 3.39. The van der Waals surface area contributed by atoms with Gasteiger partial charge >= 0.3 is 5.97 Å². The zero-order valence-corrected chi connectivity index (χ0v) is 19.3. The number of rotatable bonds is 4. The highest BCUT2D eigenvalue weighted by atomic mass is 79.9. The van der Waals surface area contributed by atoms with Crippen molar-refractivity contribution in [1.82, 2.24) is 14.4 Å². The molecule has 0 N–H and O–H groups in total. The number of amides is 1. The Morgan fingerprint density at radius 2 is 1.93 bits per heavy atom. The summed E-state index contributed by atoms with van der Waals surface area (Å²) in [5.41, 5.74) is 5.45. The monoisotopic (exact) mass is 475 g/mol. The van der Waals surface area contributed by atoms with Gasteiger partial charge in [0.1, 0.15) is 12.2 Å². The number of carbonyl (C=O) groups is 2. The Hall–Kier alpha value is -2.45. The average Bonchev–Trinajstić information content (AvgIpc) is 3.07. The van der Waals surface area contributed by atoms with Crippen LogP contribution in [0, 0.1) is 20.8 Å². The van der Waals surface area contributed by atoms with Gasteiger partial charge in [0.05, 0.1) is 7.11 Å². The number of esters is 1. The Kier molecular flexibility index (Phi) is 5.95. The largest absolute Gasteiger partial charge is 0.468 e. The number of halogens is 1. The van der Waals surface area contributed by atoms with Gasteiger partial charge in [0, 0.05) is 28.6 Å². The molecule has 0 aliphatic carbocycles. The number of ether oxygens (including phenoxy) is 1. The minimum atomic E-state index is -0.461. The second kappa shape index (κ2) is 8.12. The van der Waals surface area contributed by atoms with Crippen molar-refractivity contribution in [1.29, 1.82) is 0 Å². The van der Waals surface area contributed by atoms with Crippen LogP contribution in [0.5, 0.6) is 0 Å². The smallest absolute Gasteiger partial charge is 0.325 e. The predicted molar refractivity (Wildman–Crippen MR) is 120 cm³/mol. The second-order valence-corrected chi connectivity index (χ2v) is 8.15. The van der Waals surface area contributed by atoms with E-state index in [9.17, 15) is 9.59 Å². The third-order valence-corrected chi connectivity index (χ3v) is 6.39. The molecule has 0 radical (unpaired) electrons. The molecule has 6 nitrogen and oxygen atoms in total. The van der Waals surface area contributed by atoms with Gasteiger partial charge in [-0.25, -0.2) is 0 Å². The first-order valence-electron chi connectivity index (χ1n) is 8.99. The number of benzene rings is 1. The lowest BCUT2D eigenvalue weighted by Crippen LogP contribution is -2.33. The van der Waals surface area contributed by atoms with Crippen molar-refractivity contribution in [2.75, 3.05) is 20.7 Å². The first-order valence-corrected chi connectivity index (χ1v) is 10.2. The first-order chi connectivity index (χ1) is 13.6. The molecule has 152 valence electrons. The Bertz CT molecular complexity index is 1060. The summed E-state index contributed by atoms with van der Waals surface area (Å²) in [5.74, 6) is -0.708. The van der Waals surface area contributed by atoms with E-state index in [2.05, 4.69) is 26.6 Å². The normalized spacial score (nSPS) is 15.6. The van der Waals surface area contributed by atoms with Crippen molar-refractivity contribution in [3.63, 3.8) is 0 Å². The summed E-state index contributed by atoms with van der Waals surface area (Å²) in [6.45, 7) is 5.96. The van der Waals surface area contributed by atoms with E-state index in [0.29, 0.717) is 5.70 Å². The van der Waals surface area contributed by atoms with E-state index >= 15 is 0 Å². The lowest BCUT2D eigenvalue weighted by atomic mass is 10.2. The SMILES string of the molecule is COC(=O)CN1C(=S)N(C)C(=O)/C1=C/c1cc(C)n(-c2ccc(Br)c(C)c2)c1C. The molecule has 0 saturated carbocycles. The molecule has 1 aliphatic heterocycles. The number of hydrogen-bond acceptors (Lipinski definition) is 4. The van der Waals surface area contributed by atoms with E-state index < -0.39 is 5.97 Å². The molecule has 1 amide bonds. The number of thiocarbonyl (C=S) groups is 1. The van der Waals surface area contributed by atoms with Crippen molar-refractivity contribution in [3.05, 3.63) is 56.9 Å². The van der Waals surface area contributed by atoms with Crippen molar-refractivity contribution < 1.29 is 14.3 Å². The number of carbonyl (C=O) groups excluding carboxylic acids is 2. The summed E-state index contributed by atoms with van der Waals surface area (Å²) in [6.07, 6.45) is 1.78. The molecule has 0 bridgehead atoms. The van der Waals surface area contributed by atoms with Crippen LogP contribution in [-0.4, -0.2) is 52.1 Å². The van der Waals surface area contributed by atoms with Crippen LogP contribution in [0.25, 0.3) is 11.8 Å². The molecular weight excluding hydrogens is 454 g/mol. The standard InChI is InChI=1S/C21H22BrN3O3S/c1-12-8-16(6-7-17(12)22)25-13(2)9-15(14(25)3)10-18-20(27)23(4)21(29)24(18)11-19(26)28-5/h6-10H,11H2,1-5H3/b18-10-. The molecule has 1 saturated heterocycles. The van der Waals surface area contributed by atoms with Gasteiger partial charge in [-0.2, -0.15) is 0 Å². The number of hydrogen-bond donors (Lipinski definition) is 0. The molecule has 8 heteroatoms. The predicted octanol–water partition coefficient (Wildman–Crippen LogP) is 3.74. The molecular formula is C21H22BrN3O3S. The van der Waals surface area contributed by atoms with E-state index in [4.69, 9.17) is 17.0 Å². The fourth-order valence-corrected chi connectivity index (χ4v) is 3.88. The summed E-state index contributed by atoms with van der Waals surface area (Å²) in [4.78, 5) is 27.4. The van der Waals surface area contributed by atoms with Crippen LogP contribution in [0.15, 0.2) is 34.4 Å². The average molecular weight is 476 g/mol. The van der Waals surface area contributed by atoms with E-state index in [1.54, 1.807) is 13.1 Å². The second-order valence-electron chi connectivity index (χ2n) is 6.93. The number of aromatic nitrogens is 1. The minimum Gasteiger partial charge on any atom is -0.468 e. The Labute approximate surface area is 183 Å². The van der Waals surface area contributed by atoms with Gasteiger partial charge in [0.15, 0.2) is 5.11 Å². The van der Waals surface area contributed by atoms with E-state index in [0.717, 1.165) is 32.7 Å². The van der Waals surface area contributed by atoms with E-state index in [1.165, 1.54) is 16.9 Å². The summed E-state index contributed by atoms with van der Waals surface area (Å²) < 4.78 is 7.94. The number of aryl methyl sites for hydroxylation is 2. The van der Waals surface area contributed by atoms with E-state index in [1.807, 2.05) is 39.0 Å². The maximum Gasteiger partial charge on any atom is 0.325 e. The topological polar surface area (TPSA) is 54.8 Å². The molecule has 29 heavy (non-hydrogen) atoms. The Morgan fingerprint density at radius 3 is 2.55 bits per heavy atom. The van der Waals surface area contributed by atoms with Crippen LogP contribution in [-0.2, 0) is 14.3 Å². The molecule has 0 atom stereocenters. The molecule has 1 aromatic carbocycles. The summed E-state index contributed by atoms with van der Waals surface area (Å²) >= 11 is 8.88. The summed E-state index contributed by atoms with van der Waals surface area (Å²) in [5, 5.41) is 0.281. The Morgan fingerprint density at radius 1 is 1.24 bits per heavy atom. The van der Waals surface area contributed by atoms with Crippen LogP contribution in [0.1, 0.15) is 22.5 Å². The molecule has 1 aliphatic rings. The molecule has 2 aromatic rings. The van der Waals surface area contributed by atoms with Gasteiger partial charge in [0.2, 0.25) is 0 Å². The highest BCUT2D eigenvalue weighted by Crippen LogP contribution is 2.28. The number of likely N-dealkylation sites (N-methyl/N-ethyl adjacent to an activating group) is 1. The number of nitrogens with zero attached hydrogens (tertiary/aromatic N) is 3. The van der Waals surface area contributed by atoms with E-state index in [-0.39, 0.29) is 17.6 Å². The van der Waals surface area contributed by atoms with Crippen molar-refractivity contribution in [2.24, 2.45) is 0 Å². The van der Waals surface area contributed by atoms with Gasteiger partial charge in [-0.05, 0) is 74.5 Å². The van der Waals surface area contributed by atoms with Crippen molar-refractivity contribution in [3.8, 4) is 5.69 Å².